The molecule has 39 heavy (non-hydrogen) atoms. The lowest BCUT2D eigenvalue weighted by atomic mass is 9.99. The predicted molar refractivity (Wildman–Crippen MR) is 152 cm³/mol. The molecule has 2 aromatic heterocycles. The molecule has 186 valence electrons. The SMILES string of the molecule is COc1ccc(-c2c(-c3cccc(C#N)c3)n3nc(-c4ccccc4)c(-c4cccc(C#N)c4)c3n2C)cc1. The van der Waals surface area contributed by atoms with Gasteiger partial charge in [-0.05, 0) is 54.1 Å². The average molecular weight is 506 g/mol. The molecule has 0 bridgehead atoms. The van der Waals surface area contributed by atoms with Gasteiger partial charge >= 0.3 is 0 Å². The molecule has 0 aliphatic heterocycles. The first kappa shape index (κ1) is 23.8. The van der Waals surface area contributed by atoms with E-state index in [4.69, 9.17) is 9.84 Å². The normalized spacial score (nSPS) is 10.8. The van der Waals surface area contributed by atoms with Crippen LogP contribution in [0.3, 0.4) is 0 Å². The van der Waals surface area contributed by atoms with Gasteiger partial charge in [0.2, 0.25) is 0 Å². The molecular formula is C33H23N5O. The van der Waals surface area contributed by atoms with Crippen LogP contribution in [0.2, 0.25) is 0 Å². The van der Waals surface area contributed by atoms with Gasteiger partial charge in [0, 0.05) is 23.7 Å². The summed E-state index contributed by atoms with van der Waals surface area (Å²) in [6.45, 7) is 0. The Hall–Kier alpha value is -5.59. The summed E-state index contributed by atoms with van der Waals surface area (Å²) in [5.74, 6) is 0.770. The monoisotopic (exact) mass is 505 g/mol. The molecule has 0 unspecified atom stereocenters. The highest BCUT2D eigenvalue weighted by Gasteiger charge is 2.27. The minimum atomic E-state index is 0.572. The van der Waals surface area contributed by atoms with Crippen LogP contribution in [-0.4, -0.2) is 21.3 Å². The van der Waals surface area contributed by atoms with Crippen molar-refractivity contribution in [2.45, 2.75) is 0 Å². The second kappa shape index (κ2) is 9.70. The zero-order valence-electron chi connectivity index (χ0n) is 21.5. The molecule has 0 atom stereocenters. The number of imidazole rings is 1. The van der Waals surface area contributed by atoms with E-state index in [0.717, 1.165) is 56.3 Å². The van der Waals surface area contributed by atoms with Gasteiger partial charge in [0.05, 0.1) is 47.3 Å². The minimum absolute atomic E-state index is 0.572. The Bertz CT molecular complexity index is 1920. The minimum Gasteiger partial charge on any atom is -0.497 e. The topological polar surface area (TPSA) is 79.0 Å². The van der Waals surface area contributed by atoms with E-state index in [1.54, 1.807) is 19.2 Å². The maximum absolute atomic E-state index is 9.65. The lowest BCUT2D eigenvalue weighted by molar-refractivity contribution is 0.415. The van der Waals surface area contributed by atoms with Gasteiger partial charge in [-0.15, -0.1) is 0 Å². The number of benzene rings is 4. The lowest BCUT2D eigenvalue weighted by Gasteiger charge is -2.11. The summed E-state index contributed by atoms with van der Waals surface area (Å²) in [6.07, 6.45) is 0. The van der Waals surface area contributed by atoms with Crippen molar-refractivity contribution in [1.82, 2.24) is 14.2 Å². The largest absolute Gasteiger partial charge is 0.497 e. The van der Waals surface area contributed by atoms with Crippen molar-refractivity contribution < 1.29 is 4.74 Å². The molecule has 6 heteroatoms. The molecule has 0 saturated heterocycles. The summed E-state index contributed by atoms with van der Waals surface area (Å²) < 4.78 is 9.51. The second-order valence-electron chi connectivity index (χ2n) is 9.19. The quantitative estimate of drug-likeness (QED) is 0.250. The average Bonchev–Trinajstić information content (AvgIpc) is 3.52. The zero-order chi connectivity index (χ0) is 26.9. The molecule has 0 amide bonds. The standard InChI is InChI=1S/C33H23N5O/c1-37-31(25-14-16-28(39-2)17-15-25)32(27-13-7-9-23(19-27)21-35)38-33(37)29(26-12-6-8-22(18-26)20-34)30(36-38)24-10-4-3-5-11-24/h3-19H,1-2H3. The third kappa shape index (κ3) is 4.01. The number of ether oxygens (including phenoxy) is 1. The Kier molecular flexibility index (Phi) is 5.92. The number of hydrogen-bond acceptors (Lipinski definition) is 4. The molecule has 0 radical (unpaired) electrons. The number of nitrogens with zero attached hydrogens (tertiary/aromatic N) is 5. The first-order valence-corrected chi connectivity index (χ1v) is 12.4. The summed E-state index contributed by atoms with van der Waals surface area (Å²) in [5, 5.41) is 24.5. The fraction of sp³-hybridized carbons (Fsp3) is 0.0606. The Morgan fingerprint density at radius 3 is 1.92 bits per heavy atom. The van der Waals surface area contributed by atoms with Gasteiger partial charge in [-0.25, -0.2) is 4.52 Å². The fourth-order valence-electron chi connectivity index (χ4n) is 5.12. The van der Waals surface area contributed by atoms with E-state index >= 15 is 0 Å². The number of aromatic nitrogens is 3. The molecular weight excluding hydrogens is 482 g/mol. The van der Waals surface area contributed by atoms with Gasteiger partial charge in [-0.2, -0.15) is 15.6 Å². The molecule has 0 spiro atoms. The first-order valence-electron chi connectivity index (χ1n) is 12.4. The molecule has 2 heterocycles. The van der Waals surface area contributed by atoms with Crippen molar-refractivity contribution in [3.63, 3.8) is 0 Å². The maximum Gasteiger partial charge on any atom is 0.145 e. The zero-order valence-corrected chi connectivity index (χ0v) is 21.5. The van der Waals surface area contributed by atoms with Crippen molar-refractivity contribution in [3.05, 3.63) is 114 Å². The van der Waals surface area contributed by atoms with Crippen molar-refractivity contribution in [2.75, 3.05) is 7.11 Å². The fourth-order valence-corrected chi connectivity index (χ4v) is 5.12. The summed E-state index contributed by atoms with van der Waals surface area (Å²) in [4.78, 5) is 0. The summed E-state index contributed by atoms with van der Waals surface area (Å²) in [6, 6.07) is 37.7. The highest BCUT2D eigenvalue weighted by molar-refractivity contribution is 5.95. The van der Waals surface area contributed by atoms with Gasteiger partial charge in [-0.1, -0.05) is 54.6 Å². The van der Waals surface area contributed by atoms with Crippen LogP contribution in [-0.2, 0) is 7.05 Å². The number of hydrogen-bond donors (Lipinski definition) is 0. The number of rotatable bonds is 5. The van der Waals surface area contributed by atoms with E-state index in [9.17, 15) is 10.5 Å². The second-order valence-corrected chi connectivity index (χ2v) is 9.19. The molecule has 6 rings (SSSR count). The Labute approximate surface area is 226 Å². The Balaban J connectivity index is 1.76. The van der Waals surface area contributed by atoms with E-state index in [1.165, 1.54) is 0 Å². The van der Waals surface area contributed by atoms with Crippen molar-refractivity contribution in [3.8, 4) is 62.8 Å². The predicted octanol–water partition coefficient (Wildman–Crippen LogP) is 7.09. The van der Waals surface area contributed by atoms with Gasteiger partial charge in [0.1, 0.15) is 17.1 Å². The number of fused-ring (bicyclic) bond motifs is 1. The maximum atomic E-state index is 9.65. The molecule has 6 nitrogen and oxygen atoms in total. The molecule has 4 aromatic carbocycles. The van der Waals surface area contributed by atoms with Crippen LogP contribution in [0.1, 0.15) is 11.1 Å². The van der Waals surface area contributed by atoms with Crippen LogP contribution >= 0.6 is 0 Å². The van der Waals surface area contributed by atoms with Crippen LogP contribution in [0, 0.1) is 22.7 Å². The van der Waals surface area contributed by atoms with Crippen LogP contribution in [0.25, 0.3) is 50.5 Å². The third-order valence-corrected chi connectivity index (χ3v) is 6.91. The van der Waals surface area contributed by atoms with Gasteiger partial charge in [0.15, 0.2) is 0 Å². The smallest absolute Gasteiger partial charge is 0.145 e. The number of methoxy groups -OCH3 is 1. The van der Waals surface area contributed by atoms with Crippen molar-refractivity contribution in [1.29, 1.82) is 10.5 Å². The lowest BCUT2D eigenvalue weighted by Crippen LogP contribution is -1.96. The van der Waals surface area contributed by atoms with Crippen molar-refractivity contribution in [2.24, 2.45) is 7.05 Å². The van der Waals surface area contributed by atoms with Crippen LogP contribution in [0.15, 0.2) is 103 Å². The number of nitriles is 2. The van der Waals surface area contributed by atoms with Crippen LogP contribution in [0.4, 0.5) is 0 Å². The third-order valence-electron chi connectivity index (χ3n) is 6.91. The highest BCUT2D eigenvalue weighted by atomic mass is 16.5. The van der Waals surface area contributed by atoms with Crippen LogP contribution in [0.5, 0.6) is 5.75 Å². The van der Waals surface area contributed by atoms with E-state index in [1.807, 2.05) is 103 Å². The number of aryl methyl sites for hydroxylation is 1. The Morgan fingerprint density at radius 2 is 1.28 bits per heavy atom. The molecule has 0 aliphatic rings. The molecule has 6 aromatic rings. The van der Waals surface area contributed by atoms with Gasteiger partial charge in [-0.3, -0.25) is 0 Å². The molecule has 0 aliphatic carbocycles. The van der Waals surface area contributed by atoms with E-state index < -0.39 is 0 Å². The summed E-state index contributed by atoms with van der Waals surface area (Å²) in [7, 11) is 3.68. The van der Waals surface area contributed by atoms with Crippen LogP contribution < -0.4 is 4.74 Å². The molecule has 0 fully saturated rings. The first-order chi connectivity index (χ1) is 19.1. The molecule has 0 saturated carbocycles. The highest BCUT2D eigenvalue weighted by Crippen LogP contribution is 2.42. The van der Waals surface area contributed by atoms with Gasteiger partial charge in [0.25, 0.3) is 0 Å². The van der Waals surface area contributed by atoms with E-state index in [-0.39, 0.29) is 0 Å². The van der Waals surface area contributed by atoms with Crippen molar-refractivity contribution >= 4 is 5.65 Å². The van der Waals surface area contributed by atoms with E-state index in [0.29, 0.717) is 11.1 Å². The Morgan fingerprint density at radius 1 is 0.667 bits per heavy atom. The van der Waals surface area contributed by atoms with E-state index in [2.05, 4.69) is 16.7 Å². The summed E-state index contributed by atoms with van der Waals surface area (Å²) >= 11 is 0. The molecule has 0 N–H and O–H groups in total. The summed E-state index contributed by atoms with van der Waals surface area (Å²) in [5.41, 5.74) is 9.34. The van der Waals surface area contributed by atoms with Gasteiger partial charge < -0.3 is 9.30 Å².